The minimum absolute atomic E-state index is 0. The van der Waals surface area contributed by atoms with Crippen LogP contribution in [0.25, 0.3) is 61.0 Å². The van der Waals surface area contributed by atoms with Gasteiger partial charge in [-0.2, -0.15) is 6.07 Å². The molecule has 0 fully saturated rings. The van der Waals surface area contributed by atoms with Crippen LogP contribution in [0.4, 0.5) is 31.5 Å². The van der Waals surface area contributed by atoms with E-state index in [1.54, 1.807) is 0 Å². The van der Waals surface area contributed by atoms with Crippen molar-refractivity contribution in [2.75, 3.05) is 9.80 Å². The van der Waals surface area contributed by atoms with Gasteiger partial charge in [0.1, 0.15) is 17.5 Å². The average molecular weight is 1240 g/mol. The summed E-state index contributed by atoms with van der Waals surface area (Å²) >= 11 is 0. The van der Waals surface area contributed by atoms with Crippen LogP contribution < -0.4 is 14.5 Å². The zero-order chi connectivity index (χ0) is 56.1. The molecule has 0 radical (unpaired) electrons. The van der Waals surface area contributed by atoms with E-state index in [-0.39, 0.29) is 42.7 Å². The van der Waals surface area contributed by atoms with Gasteiger partial charge in [0.25, 0.3) is 0 Å². The third-order valence-electron chi connectivity index (χ3n) is 15.5. The first-order valence-electron chi connectivity index (χ1n) is 27.4. The first-order chi connectivity index (χ1) is 37.3. The number of nitrogens with zero attached hydrogens (tertiary/aromatic N) is 4. The van der Waals surface area contributed by atoms with Gasteiger partial charge in [0.15, 0.2) is 0 Å². The molecular formula is C72H69F2N4OPt-3. The molecule has 0 saturated carbocycles. The fourth-order valence-corrected chi connectivity index (χ4v) is 11.0. The SMILES string of the molecule is Cc1cccc(C)c1-c1cc(Oc2[c-]c3c(cc2)c2ccccc2n3-c2cc(C(C)(C)C)ccn2)[c-]c(N2[CH-]N(c3c(-c4cc(F)cc(F)c4)cc(C(C)(C)C)cc3-c3cc(C(C)(C)C)cc(C(C)(C)C)c3)c3ccccc32)c1.[Pt]. The zero-order valence-corrected chi connectivity index (χ0v) is 50.6. The predicted molar refractivity (Wildman–Crippen MR) is 325 cm³/mol. The molecule has 0 aliphatic carbocycles. The van der Waals surface area contributed by atoms with E-state index in [2.05, 4.69) is 245 Å². The third kappa shape index (κ3) is 10.6. The molecule has 11 rings (SSSR count). The number of aryl methyl sites for hydroxylation is 2. The molecule has 10 aromatic rings. The van der Waals surface area contributed by atoms with Crippen molar-refractivity contribution in [3.63, 3.8) is 0 Å². The van der Waals surface area contributed by atoms with Gasteiger partial charge >= 0.3 is 0 Å². The molecule has 8 aromatic carbocycles. The number of rotatable bonds is 8. The van der Waals surface area contributed by atoms with E-state index in [9.17, 15) is 0 Å². The molecule has 0 amide bonds. The van der Waals surface area contributed by atoms with Gasteiger partial charge in [0.05, 0.1) is 0 Å². The molecule has 80 heavy (non-hydrogen) atoms. The molecule has 8 heteroatoms. The van der Waals surface area contributed by atoms with Gasteiger partial charge in [-0.15, -0.1) is 53.6 Å². The fraction of sp³-hybridized carbons (Fsp3) is 0.250. The van der Waals surface area contributed by atoms with Crippen molar-refractivity contribution < 1.29 is 34.6 Å². The van der Waals surface area contributed by atoms with Gasteiger partial charge in [0, 0.05) is 78.5 Å². The molecule has 3 heterocycles. The number of hydrogen-bond acceptors (Lipinski definition) is 4. The van der Waals surface area contributed by atoms with E-state index < -0.39 is 11.6 Å². The molecule has 0 N–H and O–H groups in total. The summed E-state index contributed by atoms with van der Waals surface area (Å²) in [5.74, 6) is 0.556. The maximum absolute atomic E-state index is 15.7. The van der Waals surface area contributed by atoms with Crippen molar-refractivity contribution in [2.24, 2.45) is 0 Å². The average Bonchev–Trinajstić information content (AvgIpc) is 4.15. The van der Waals surface area contributed by atoms with E-state index in [0.717, 1.165) is 95.4 Å². The smallest absolute Gasteiger partial charge is 0.135 e. The van der Waals surface area contributed by atoms with Gasteiger partial charge in [0.2, 0.25) is 0 Å². The number of anilines is 4. The van der Waals surface area contributed by atoms with Gasteiger partial charge in [-0.05, 0) is 146 Å². The summed E-state index contributed by atoms with van der Waals surface area (Å²) in [6, 6.07) is 58.2. The maximum Gasteiger partial charge on any atom is 0.135 e. The van der Waals surface area contributed by atoms with Crippen LogP contribution in [-0.2, 0) is 42.7 Å². The van der Waals surface area contributed by atoms with Crippen molar-refractivity contribution in [1.29, 1.82) is 0 Å². The van der Waals surface area contributed by atoms with Gasteiger partial charge < -0.3 is 19.1 Å². The predicted octanol–water partition coefficient (Wildman–Crippen LogP) is 20.1. The number of ether oxygens (including phenoxy) is 1. The Balaban J connectivity index is 0.00000720. The number of fused-ring (bicyclic) bond motifs is 4. The Morgan fingerprint density at radius 3 is 1.66 bits per heavy atom. The second-order valence-electron chi connectivity index (χ2n) is 25.5. The molecule has 0 unspecified atom stereocenters. The number of aromatic nitrogens is 2. The molecule has 2 aromatic heterocycles. The topological polar surface area (TPSA) is 33.5 Å². The monoisotopic (exact) mass is 1240 g/mol. The molecule has 0 atom stereocenters. The quantitative estimate of drug-likeness (QED) is 0.142. The van der Waals surface area contributed by atoms with Gasteiger partial charge in [-0.1, -0.05) is 155 Å². The molecular weight excluding hydrogens is 1170 g/mol. The Morgan fingerprint density at radius 2 is 1.05 bits per heavy atom. The summed E-state index contributed by atoms with van der Waals surface area (Å²) in [6.45, 7) is 33.0. The largest absolute Gasteiger partial charge is 0.509 e. The third-order valence-corrected chi connectivity index (χ3v) is 15.5. The van der Waals surface area contributed by atoms with E-state index in [4.69, 9.17) is 9.72 Å². The van der Waals surface area contributed by atoms with Crippen molar-refractivity contribution >= 4 is 44.6 Å². The Hall–Kier alpha value is -7.34. The number of hydrogen-bond donors (Lipinski definition) is 0. The Bertz CT molecular complexity index is 3960. The van der Waals surface area contributed by atoms with Crippen molar-refractivity contribution in [1.82, 2.24) is 9.55 Å². The summed E-state index contributed by atoms with van der Waals surface area (Å²) in [5, 5.41) is 2.14. The van der Waals surface area contributed by atoms with Crippen LogP contribution in [0.15, 0.2) is 158 Å². The Morgan fingerprint density at radius 1 is 0.487 bits per heavy atom. The minimum atomic E-state index is -0.643. The van der Waals surface area contributed by atoms with E-state index in [1.807, 2.05) is 24.4 Å². The molecule has 1 aliphatic rings. The van der Waals surface area contributed by atoms with Crippen LogP contribution in [-0.4, -0.2) is 9.55 Å². The number of pyridine rings is 1. The van der Waals surface area contributed by atoms with Crippen LogP contribution in [0.5, 0.6) is 11.5 Å². The normalized spacial score (nSPS) is 13.1. The standard InChI is InChI=1S/C72H69F2N4O.Pt/c1-44-20-19-21-45(2)67(44)48-34-55(41-57(35-48)79-56-26-27-59-58-22-15-16-23-62(58)78(65(59)42-56)66-39-49(28-29-75-66)69(3,4)5)76-43-77(64-25-18-17-24-63(64)76)68-60(46-30-50(70(6,7)8)36-51(31-46)71(9,10)11)37-52(72(12,13)14)38-61(68)47-32-53(73)40-54(74)33-47;/h15-40,43H,1-14H3;/q-3;. The number of halogens is 2. The van der Waals surface area contributed by atoms with Crippen molar-refractivity contribution in [3.05, 3.63) is 222 Å². The summed E-state index contributed by atoms with van der Waals surface area (Å²) in [6.07, 6.45) is 1.89. The molecule has 5 nitrogen and oxygen atoms in total. The molecule has 0 bridgehead atoms. The first-order valence-corrected chi connectivity index (χ1v) is 27.4. The van der Waals surface area contributed by atoms with Gasteiger partial charge in [-0.3, -0.25) is 0 Å². The second-order valence-corrected chi connectivity index (χ2v) is 25.5. The van der Waals surface area contributed by atoms with Crippen LogP contribution >= 0.6 is 0 Å². The minimum Gasteiger partial charge on any atom is -0.509 e. The Labute approximate surface area is 486 Å². The second kappa shape index (κ2) is 20.6. The maximum atomic E-state index is 15.7. The van der Waals surface area contributed by atoms with E-state index in [1.165, 1.54) is 28.8 Å². The summed E-state index contributed by atoms with van der Waals surface area (Å²) in [7, 11) is 0. The molecule has 0 saturated heterocycles. The van der Waals surface area contributed by atoms with E-state index >= 15 is 8.78 Å². The van der Waals surface area contributed by atoms with Crippen molar-refractivity contribution in [3.8, 4) is 50.7 Å². The Kier molecular flexibility index (Phi) is 14.4. The first kappa shape index (κ1) is 56.0. The fourth-order valence-electron chi connectivity index (χ4n) is 11.0. The summed E-state index contributed by atoms with van der Waals surface area (Å²) in [4.78, 5) is 9.26. The summed E-state index contributed by atoms with van der Waals surface area (Å²) in [5.41, 5.74) is 16.5. The van der Waals surface area contributed by atoms with Crippen LogP contribution in [0.2, 0.25) is 0 Å². The van der Waals surface area contributed by atoms with Crippen LogP contribution in [0, 0.1) is 44.3 Å². The van der Waals surface area contributed by atoms with Crippen molar-refractivity contribution in [2.45, 2.75) is 119 Å². The van der Waals surface area contributed by atoms with Crippen LogP contribution in [0.3, 0.4) is 0 Å². The number of para-hydroxylation sites is 3. The molecule has 410 valence electrons. The zero-order valence-electron chi connectivity index (χ0n) is 48.4. The number of benzene rings is 8. The molecule has 1 aliphatic heterocycles. The van der Waals surface area contributed by atoms with Gasteiger partial charge in [-0.25, -0.2) is 13.8 Å². The summed E-state index contributed by atoms with van der Waals surface area (Å²) < 4.78 is 40.6. The van der Waals surface area contributed by atoms with E-state index in [0.29, 0.717) is 22.6 Å². The van der Waals surface area contributed by atoms with Crippen LogP contribution in [0.1, 0.15) is 116 Å². The molecule has 0 spiro atoms.